The van der Waals surface area contributed by atoms with Crippen LogP contribution in [0.3, 0.4) is 0 Å². The van der Waals surface area contributed by atoms with Gasteiger partial charge in [-0.3, -0.25) is 19.5 Å². The van der Waals surface area contributed by atoms with Gasteiger partial charge in [-0.05, 0) is 65.7 Å². The van der Waals surface area contributed by atoms with Crippen molar-refractivity contribution in [2.45, 2.75) is 57.5 Å². The first-order valence-electron chi connectivity index (χ1n) is 11.0. The summed E-state index contributed by atoms with van der Waals surface area (Å²) in [5, 5.41) is 8.76. The molecule has 0 unspecified atom stereocenters. The van der Waals surface area contributed by atoms with Crippen molar-refractivity contribution in [1.82, 2.24) is 19.9 Å². The second-order valence-corrected chi connectivity index (χ2v) is 8.99. The predicted molar refractivity (Wildman–Crippen MR) is 125 cm³/mol. The zero-order valence-corrected chi connectivity index (χ0v) is 19.1. The van der Waals surface area contributed by atoms with Crippen LogP contribution >= 0.6 is 11.5 Å². The number of anilines is 1. The minimum Gasteiger partial charge on any atom is -0.351 e. The molecule has 2 amide bonds. The topological polar surface area (TPSA) is 88.1 Å². The van der Waals surface area contributed by atoms with Gasteiger partial charge < -0.3 is 5.32 Å². The highest BCUT2D eigenvalue weighted by molar-refractivity contribution is 7.03. The maximum absolute atomic E-state index is 13.6. The van der Waals surface area contributed by atoms with Crippen LogP contribution in [0.15, 0.2) is 54.2 Å². The first-order chi connectivity index (χ1) is 15.5. The van der Waals surface area contributed by atoms with Gasteiger partial charge in [0, 0.05) is 29.5 Å². The van der Waals surface area contributed by atoms with Gasteiger partial charge in [0.2, 0.25) is 5.91 Å². The summed E-state index contributed by atoms with van der Waals surface area (Å²) >= 11 is 1.11. The molecule has 1 N–H and O–H groups in total. The van der Waals surface area contributed by atoms with Gasteiger partial charge in [-0.25, -0.2) is 0 Å². The third kappa shape index (κ3) is 4.85. The molecule has 0 spiro atoms. The fourth-order valence-electron chi connectivity index (χ4n) is 4.10. The monoisotopic (exact) mass is 449 g/mol. The Bertz CT molecular complexity index is 1030. The molecule has 1 aromatic carbocycles. The molecule has 1 aliphatic carbocycles. The molecule has 0 radical (unpaired) electrons. The van der Waals surface area contributed by atoms with Crippen LogP contribution in [0.1, 0.15) is 73.1 Å². The predicted octanol–water partition coefficient (Wildman–Crippen LogP) is 4.50. The van der Waals surface area contributed by atoms with Gasteiger partial charge >= 0.3 is 0 Å². The molecule has 0 aliphatic heterocycles. The van der Waals surface area contributed by atoms with Gasteiger partial charge in [-0.1, -0.05) is 43.3 Å². The highest BCUT2D eigenvalue weighted by atomic mass is 32.1. The quantitative estimate of drug-likeness (QED) is 0.574. The highest BCUT2D eigenvalue weighted by Gasteiger charge is 2.35. The molecule has 2 heterocycles. The largest absolute Gasteiger partial charge is 0.351 e. The molecule has 32 heavy (non-hydrogen) atoms. The standard InChI is InChI=1S/C24H27N5O2S/c1-16(2)17-7-9-20(10-8-17)29(24(31)21-15-32-28-27-21)22(18-11-13-25-14-12-18)23(30)26-19-5-3-4-6-19/h7-16,19,22H,3-6H2,1-2H3,(H,26,30)/t22-/m1/s1. The summed E-state index contributed by atoms with van der Waals surface area (Å²) in [6.07, 6.45) is 7.41. The van der Waals surface area contributed by atoms with Crippen LogP contribution in [-0.4, -0.2) is 32.4 Å². The second kappa shape index (κ2) is 9.99. The van der Waals surface area contributed by atoms with E-state index in [2.05, 4.69) is 33.7 Å². The summed E-state index contributed by atoms with van der Waals surface area (Å²) in [5.41, 5.74) is 2.71. The molecular formula is C24H27N5O2S. The number of nitrogens with zero attached hydrogens (tertiary/aromatic N) is 4. The number of carbonyl (C=O) groups is 2. The van der Waals surface area contributed by atoms with E-state index in [1.807, 2.05) is 24.3 Å². The molecule has 3 aromatic rings. The molecule has 7 nitrogen and oxygen atoms in total. The minimum absolute atomic E-state index is 0.132. The Hall–Kier alpha value is -3.13. The number of hydrogen-bond acceptors (Lipinski definition) is 6. The first kappa shape index (κ1) is 22.1. The number of benzene rings is 1. The Morgan fingerprint density at radius 2 is 1.72 bits per heavy atom. The lowest BCUT2D eigenvalue weighted by Crippen LogP contribution is -2.46. The summed E-state index contributed by atoms with van der Waals surface area (Å²) in [6, 6.07) is 10.6. The smallest absolute Gasteiger partial charge is 0.280 e. The fourth-order valence-corrected chi connectivity index (χ4v) is 4.53. The van der Waals surface area contributed by atoms with E-state index in [1.165, 1.54) is 4.90 Å². The number of pyridine rings is 1. The van der Waals surface area contributed by atoms with E-state index >= 15 is 0 Å². The number of rotatable bonds is 7. The van der Waals surface area contributed by atoms with Crippen LogP contribution in [-0.2, 0) is 4.79 Å². The van der Waals surface area contributed by atoms with Crippen molar-refractivity contribution in [2.75, 3.05) is 4.90 Å². The molecule has 1 atom stereocenters. The Morgan fingerprint density at radius 1 is 1.03 bits per heavy atom. The Labute approximate surface area is 192 Å². The van der Waals surface area contributed by atoms with Gasteiger partial charge in [0.25, 0.3) is 5.91 Å². The Balaban J connectivity index is 1.78. The summed E-state index contributed by atoms with van der Waals surface area (Å²) in [7, 11) is 0. The van der Waals surface area contributed by atoms with E-state index in [0.29, 0.717) is 17.2 Å². The lowest BCUT2D eigenvalue weighted by atomic mass is 10.0. The van der Waals surface area contributed by atoms with Crippen LogP contribution in [0, 0.1) is 0 Å². The molecule has 4 rings (SSSR count). The maximum Gasteiger partial charge on any atom is 0.280 e. The van der Waals surface area contributed by atoms with Crippen molar-refractivity contribution in [3.8, 4) is 0 Å². The minimum atomic E-state index is -0.849. The maximum atomic E-state index is 13.6. The van der Waals surface area contributed by atoms with Crippen LogP contribution < -0.4 is 10.2 Å². The van der Waals surface area contributed by atoms with Crippen molar-refractivity contribution in [1.29, 1.82) is 0 Å². The van der Waals surface area contributed by atoms with Crippen molar-refractivity contribution < 1.29 is 9.59 Å². The van der Waals surface area contributed by atoms with E-state index in [-0.39, 0.29) is 23.6 Å². The summed E-state index contributed by atoms with van der Waals surface area (Å²) in [4.78, 5) is 32.8. The molecule has 0 bridgehead atoms. The summed E-state index contributed by atoms with van der Waals surface area (Å²) < 4.78 is 3.85. The number of hydrogen-bond donors (Lipinski definition) is 1. The average Bonchev–Trinajstić information content (AvgIpc) is 3.52. The van der Waals surface area contributed by atoms with Gasteiger partial charge in [0.05, 0.1) is 0 Å². The Morgan fingerprint density at radius 3 is 2.31 bits per heavy atom. The molecule has 1 saturated carbocycles. The van der Waals surface area contributed by atoms with Gasteiger partial charge in [-0.15, -0.1) is 5.10 Å². The zero-order chi connectivity index (χ0) is 22.5. The third-order valence-electron chi connectivity index (χ3n) is 5.87. The number of nitrogens with one attached hydrogen (secondary N) is 1. The number of amides is 2. The summed E-state index contributed by atoms with van der Waals surface area (Å²) in [6.45, 7) is 4.24. The van der Waals surface area contributed by atoms with Crippen molar-refractivity contribution in [3.05, 3.63) is 71.0 Å². The summed E-state index contributed by atoms with van der Waals surface area (Å²) in [5.74, 6) is -0.204. The molecule has 1 fully saturated rings. The van der Waals surface area contributed by atoms with Crippen LogP contribution in [0.5, 0.6) is 0 Å². The third-order valence-corrected chi connectivity index (χ3v) is 6.37. The first-order valence-corrected chi connectivity index (χ1v) is 11.8. The number of aromatic nitrogens is 3. The lowest BCUT2D eigenvalue weighted by molar-refractivity contribution is -0.123. The molecule has 166 valence electrons. The zero-order valence-electron chi connectivity index (χ0n) is 18.3. The SMILES string of the molecule is CC(C)c1ccc(N(C(=O)c2csnn2)[C@@H](C(=O)NC2CCCC2)c2ccncc2)cc1. The van der Waals surface area contributed by atoms with Crippen LogP contribution in [0.2, 0.25) is 0 Å². The Kier molecular flexibility index (Phi) is 6.90. The van der Waals surface area contributed by atoms with Crippen molar-refractivity contribution >= 4 is 29.0 Å². The van der Waals surface area contributed by atoms with E-state index < -0.39 is 6.04 Å². The molecule has 8 heteroatoms. The van der Waals surface area contributed by atoms with E-state index in [0.717, 1.165) is 42.8 Å². The average molecular weight is 450 g/mol. The number of carbonyl (C=O) groups excluding carboxylic acids is 2. The van der Waals surface area contributed by atoms with E-state index in [9.17, 15) is 9.59 Å². The van der Waals surface area contributed by atoms with Gasteiger partial charge in [0.15, 0.2) is 5.69 Å². The molecule has 2 aromatic heterocycles. The molecular weight excluding hydrogens is 422 g/mol. The van der Waals surface area contributed by atoms with Crippen molar-refractivity contribution in [2.24, 2.45) is 0 Å². The van der Waals surface area contributed by atoms with Gasteiger partial charge in [-0.2, -0.15) is 0 Å². The van der Waals surface area contributed by atoms with Crippen LogP contribution in [0.4, 0.5) is 5.69 Å². The van der Waals surface area contributed by atoms with E-state index in [4.69, 9.17) is 0 Å². The molecule has 1 aliphatic rings. The normalized spacial score (nSPS) is 15.0. The highest BCUT2D eigenvalue weighted by Crippen LogP contribution is 2.31. The van der Waals surface area contributed by atoms with Crippen LogP contribution in [0.25, 0.3) is 0 Å². The van der Waals surface area contributed by atoms with Gasteiger partial charge in [0.1, 0.15) is 6.04 Å². The van der Waals surface area contributed by atoms with Crippen molar-refractivity contribution in [3.63, 3.8) is 0 Å². The molecule has 0 saturated heterocycles. The van der Waals surface area contributed by atoms with E-state index in [1.54, 1.807) is 29.9 Å². The fraction of sp³-hybridized carbons (Fsp3) is 0.375. The lowest BCUT2D eigenvalue weighted by Gasteiger charge is -2.32. The second-order valence-electron chi connectivity index (χ2n) is 8.38.